The highest BCUT2D eigenvalue weighted by atomic mass is 16.5. The average Bonchev–Trinajstić information content (AvgIpc) is 2.63. The van der Waals surface area contributed by atoms with E-state index < -0.39 is 12.1 Å². The maximum Gasteiger partial charge on any atom is 0.338 e. The first-order valence-electron chi connectivity index (χ1n) is 9.27. The van der Waals surface area contributed by atoms with Gasteiger partial charge in [-0.25, -0.2) is 4.79 Å². The van der Waals surface area contributed by atoms with E-state index in [4.69, 9.17) is 4.74 Å². The molecule has 146 valence electrons. The van der Waals surface area contributed by atoms with Gasteiger partial charge in [0, 0.05) is 17.8 Å². The van der Waals surface area contributed by atoms with Crippen molar-refractivity contribution < 1.29 is 19.1 Å². The van der Waals surface area contributed by atoms with E-state index in [9.17, 15) is 14.4 Å². The number of rotatable bonds is 4. The van der Waals surface area contributed by atoms with Crippen molar-refractivity contribution in [2.45, 2.75) is 46.6 Å². The number of ether oxygens (including phenoxy) is 1. The van der Waals surface area contributed by atoms with Crippen molar-refractivity contribution in [2.75, 3.05) is 10.6 Å². The largest absolute Gasteiger partial charge is 0.449 e. The lowest BCUT2D eigenvalue weighted by molar-refractivity contribution is -0.123. The summed E-state index contributed by atoms with van der Waals surface area (Å²) in [6, 6.07) is 8.96. The van der Waals surface area contributed by atoms with Crippen molar-refractivity contribution in [2.24, 2.45) is 0 Å². The molecule has 0 aliphatic carbocycles. The fraction of sp³-hybridized carbons (Fsp3) is 0.318. The molecule has 1 unspecified atom stereocenters. The topological polar surface area (TPSA) is 84.5 Å². The highest BCUT2D eigenvalue weighted by Crippen LogP contribution is 2.25. The minimum absolute atomic E-state index is 0.0326. The second-order valence-corrected chi connectivity index (χ2v) is 7.23. The molecular weight excluding hydrogens is 356 g/mol. The van der Waals surface area contributed by atoms with E-state index >= 15 is 0 Å². The van der Waals surface area contributed by atoms with Crippen molar-refractivity contribution in [3.63, 3.8) is 0 Å². The monoisotopic (exact) mass is 380 g/mol. The fourth-order valence-corrected chi connectivity index (χ4v) is 3.39. The molecule has 1 atom stereocenters. The molecule has 6 heteroatoms. The van der Waals surface area contributed by atoms with E-state index in [0.29, 0.717) is 24.1 Å². The van der Waals surface area contributed by atoms with Gasteiger partial charge in [0.25, 0.3) is 5.91 Å². The van der Waals surface area contributed by atoms with Crippen LogP contribution in [0.3, 0.4) is 0 Å². The SMILES string of the molecule is Cc1cc(C)c(NC(=O)C(C)OC(=O)c2ccc3c(c2)CCC(=O)N3)c(C)c1. The van der Waals surface area contributed by atoms with Gasteiger partial charge in [-0.1, -0.05) is 17.7 Å². The Morgan fingerprint density at radius 1 is 1.07 bits per heavy atom. The average molecular weight is 380 g/mol. The molecule has 3 rings (SSSR count). The number of carbonyl (C=O) groups excluding carboxylic acids is 3. The van der Waals surface area contributed by atoms with Crippen LogP contribution in [0.4, 0.5) is 11.4 Å². The van der Waals surface area contributed by atoms with Gasteiger partial charge in [0.05, 0.1) is 5.56 Å². The first-order chi connectivity index (χ1) is 13.2. The molecule has 2 aromatic carbocycles. The van der Waals surface area contributed by atoms with Crippen LogP contribution in [0.2, 0.25) is 0 Å². The highest BCUT2D eigenvalue weighted by Gasteiger charge is 2.22. The van der Waals surface area contributed by atoms with Gasteiger partial charge >= 0.3 is 5.97 Å². The van der Waals surface area contributed by atoms with Crippen LogP contribution in [0.1, 0.15) is 46.0 Å². The molecule has 2 amide bonds. The quantitative estimate of drug-likeness (QED) is 0.793. The Kier molecular flexibility index (Phi) is 5.49. The van der Waals surface area contributed by atoms with E-state index in [1.807, 2.05) is 32.9 Å². The van der Waals surface area contributed by atoms with Gasteiger partial charge in [-0.3, -0.25) is 9.59 Å². The lowest BCUT2D eigenvalue weighted by Gasteiger charge is -2.19. The lowest BCUT2D eigenvalue weighted by Crippen LogP contribution is -2.30. The van der Waals surface area contributed by atoms with Crippen molar-refractivity contribution in [3.8, 4) is 0 Å². The molecular formula is C22H24N2O4. The number of esters is 1. The fourth-order valence-electron chi connectivity index (χ4n) is 3.39. The summed E-state index contributed by atoms with van der Waals surface area (Å²) in [5, 5.41) is 5.63. The van der Waals surface area contributed by atoms with E-state index in [-0.39, 0.29) is 11.8 Å². The number of hydrogen-bond acceptors (Lipinski definition) is 4. The number of hydrogen-bond donors (Lipinski definition) is 2. The van der Waals surface area contributed by atoms with Crippen molar-refractivity contribution in [1.29, 1.82) is 0 Å². The van der Waals surface area contributed by atoms with Crippen molar-refractivity contribution >= 4 is 29.2 Å². The summed E-state index contributed by atoms with van der Waals surface area (Å²) in [5.74, 6) is -0.983. The summed E-state index contributed by atoms with van der Waals surface area (Å²) in [6.07, 6.45) is 0.0208. The molecule has 0 fully saturated rings. The van der Waals surface area contributed by atoms with Crippen LogP contribution in [0, 0.1) is 20.8 Å². The lowest BCUT2D eigenvalue weighted by atomic mass is 10.0. The molecule has 28 heavy (non-hydrogen) atoms. The Bertz CT molecular complexity index is 942. The zero-order valence-electron chi connectivity index (χ0n) is 16.5. The Hall–Kier alpha value is -3.15. The summed E-state index contributed by atoms with van der Waals surface area (Å²) >= 11 is 0. The van der Waals surface area contributed by atoms with Gasteiger partial charge in [0.15, 0.2) is 6.10 Å². The third-order valence-electron chi connectivity index (χ3n) is 4.81. The summed E-state index contributed by atoms with van der Waals surface area (Å²) in [7, 11) is 0. The maximum absolute atomic E-state index is 12.5. The van der Waals surface area contributed by atoms with Crippen molar-refractivity contribution in [3.05, 3.63) is 58.1 Å². The highest BCUT2D eigenvalue weighted by molar-refractivity contribution is 5.99. The number of carbonyl (C=O) groups is 3. The number of benzene rings is 2. The Morgan fingerprint density at radius 2 is 1.75 bits per heavy atom. The van der Waals surface area contributed by atoms with Crippen LogP contribution in [-0.2, 0) is 20.7 Å². The maximum atomic E-state index is 12.5. The Labute approximate surface area is 164 Å². The van der Waals surface area contributed by atoms with Gasteiger partial charge in [-0.15, -0.1) is 0 Å². The van der Waals surface area contributed by atoms with Crippen LogP contribution in [-0.4, -0.2) is 23.9 Å². The van der Waals surface area contributed by atoms with Crippen LogP contribution in [0.5, 0.6) is 0 Å². The smallest absolute Gasteiger partial charge is 0.338 e. The summed E-state index contributed by atoms with van der Waals surface area (Å²) in [5.41, 5.74) is 5.74. The van der Waals surface area contributed by atoms with Crippen LogP contribution in [0.15, 0.2) is 30.3 Å². The van der Waals surface area contributed by atoms with Gasteiger partial charge in [0.1, 0.15) is 0 Å². The zero-order valence-corrected chi connectivity index (χ0v) is 16.5. The molecule has 0 saturated heterocycles. The van der Waals surface area contributed by atoms with Crippen molar-refractivity contribution in [1.82, 2.24) is 0 Å². The number of aryl methyl sites for hydroxylation is 4. The summed E-state index contributed by atoms with van der Waals surface area (Å²) < 4.78 is 5.35. The van der Waals surface area contributed by atoms with Gasteiger partial charge in [-0.2, -0.15) is 0 Å². The molecule has 0 aromatic heterocycles. The van der Waals surface area contributed by atoms with E-state index in [1.54, 1.807) is 25.1 Å². The summed E-state index contributed by atoms with van der Waals surface area (Å²) in [6.45, 7) is 7.40. The Balaban J connectivity index is 1.67. The van der Waals surface area contributed by atoms with E-state index in [0.717, 1.165) is 27.9 Å². The first-order valence-corrected chi connectivity index (χ1v) is 9.27. The molecule has 1 heterocycles. The third kappa shape index (κ3) is 4.22. The van der Waals surface area contributed by atoms with Gasteiger partial charge in [0.2, 0.25) is 5.91 Å². The molecule has 0 radical (unpaired) electrons. The molecule has 2 aromatic rings. The second kappa shape index (κ2) is 7.84. The standard InChI is InChI=1S/C22H24N2O4/c1-12-9-13(2)20(14(3)10-12)24-21(26)15(4)28-22(27)17-5-7-18-16(11-17)6-8-19(25)23-18/h5,7,9-11,15H,6,8H2,1-4H3,(H,23,25)(H,24,26). The molecule has 1 aliphatic heterocycles. The predicted octanol–water partition coefficient (Wildman–Crippen LogP) is 3.68. The normalized spacial score (nSPS) is 13.9. The Morgan fingerprint density at radius 3 is 2.43 bits per heavy atom. The molecule has 6 nitrogen and oxygen atoms in total. The van der Waals surface area contributed by atoms with Crippen LogP contribution >= 0.6 is 0 Å². The van der Waals surface area contributed by atoms with Crippen LogP contribution in [0.25, 0.3) is 0 Å². The molecule has 0 bridgehead atoms. The minimum atomic E-state index is -0.941. The number of fused-ring (bicyclic) bond motifs is 1. The summed E-state index contributed by atoms with van der Waals surface area (Å²) in [4.78, 5) is 36.4. The molecule has 1 aliphatic rings. The van der Waals surface area contributed by atoms with Gasteiger partial charge < -0.3 is 15.4 Å². The zero-order chi connectivity index (χ0) is 20.4. The predicted molar refractivity (Wildman–Crippen MR) is 108 cm³/mol. The van der Waals surface area contributed by atoms with E-state index in [1.165, 1.54) is 0 Å². The third-order valence-corrected chi connectivity index (χ3v) is 4.81. The number of anilines is 2. The number of amides is 2. The van der Waals surface area contributed by atoms with Crippen LogP contribution < -0.4 is 10.6 Å². The first kappa shape index (κ1) is 19.6. The second-order valence-electron chi connectivity index (χ2n) is 7.23. The molecule has 2 N–H and O–H groups in total. The number of nitrogens with one attached hydrogen (secondary N) is 2. The van der Waals surface area contributed by atoms with E-state index in [2.05, 4.69) is 10.6 Å². The molecule has 0 spiro atoms. The minimum Gasteiger partial charge on any atom is -0.449 e. The molecule has 0 saturated carbocycles. The van der Waals surface area contributed by atoms with Gasteiger partial charge in [-0.05, 0) is 69.0 Å².